The van der Waals surface area contributed by atoms with Crippen molar-refractivity contribution >= 4 is 46.1 Å². The van der Waals surface area contributed by atoms with Crippen LogP contribution in [-0.2, 0) is 4.79 Å². The van der Waals surface area contributed by atoms with Crippen molar-refractivity contribution in [1.82, 2.24) is 24.4 Å². The zero-order valence-electron chi connectivity index (χ0n) is 23.9. The number of hydrogen-bond acceptors (Lipinski definition) is 7. The van der Waals surface area contributed by atoms with E-state index in [-0.39, 0.29) is 17.9 Å². The van der Waals surface area contributed by atoms with Gasteiger partial charge < -0.3 is 9.80 Å². The molecule has 0 spiro atoms. The van der Waals surface area contributed by atoms with Crippen LogP contribution in [-0.4, -0.2) is 62.3 Å². The zero-order valence-corrected chi connectivity index (χ0v) is 25.5. The minimum atomic E-state index is -0.444. The average Bonchev–Trinajstić information content (AvgIpc) is 2.96. The van der Waals surface area contributed by atoms with Crippen molar-refractivity contribution in [3.63, 3.8) is 0 Å². The fourth-order valence-electron chi connectivity index (χ4n) is 5.42. The first-order valence-electron chi connectivity index (χ1n) is 13.6. The first-order chi connectivity index (χ1) is 19.7. The third-order valence-electron chi connectivity index (χ3n) is 7.49. The van der Waals surface area contributed by atoms with E-state index in [1.54, 1.807) is 27.4 Å². The van der Waals surface area contributed by atoms with Gasteiger partial charge in [0.25, 0.3) is 0 Å². The van der Waals surface area contributed by atoms with Crippen LogP contribution in [0.4, 0.5) is 5.82 Å². The van der Waals surface area contributed by atoms with E-state index in [4.69, 9.17) is 16.6 Å². The van der Waals surface area contributed by atoms with Gasteiger partial charge in [0, 0.05) is 42.3 Å². The van der Waals surface area contributed by atoms with Gasteiger partial charge in [0.1, 0.15) is 5.82 Å². The van der Waals surface area contributed by atoms with E-state index in [0.29, 0.717) is 52.9 Å². The van der Waals surface area contributed by atoms with E-state index in [1.165, 1.54) is 6.08 Å². The molecule has 1 amide bonds. The summed E-state index contributed by atoms with van der Waals surface area (Å²) in [5.41, 5.74) is 4.00. The van der Waals surface area contributed by atoms with Crippen molar-refractivity contribution in [3.8, 4) is 16.9 Å². The summed E-state index contributed by atoms with van der Waals surface area (Å²) in [6.07, 6.45) is 5.08. The van der Waals surface area contributed by atoms with Crippen LogP contribution in [0.15, 0.2) is 64.9 Å². The predicted octanol–water partition coefficient (Wildman–Crippen LogP) is 5.87. The molecule has 1 saturated heterocycles. The average molecular weight is 589 g/mol. The molecule has 0 N–H and O–H groups in total. The van der Waals surface area contributed by atoms with Crippen molar-refractivity contribution in [2.75, 3.05) is 30.8 Å². The number of hydrogen-bond donors (Lipinski definition) is 0. The molecule has 212 valence electrons. The molecule has 10 heteroatoms. The molecule has 1 atom stereocenters. The molecule has 1 aromatic carbocycles. The highest BCUT2D eigenvalue weighted by Crippen LogP contribution is 2.37. The highest BCUT2D eigenvalue weighted by molar-refractivity contribution is 7.98. The number of nitrogens with zero attached hydrogens (tertiary/aromatic N) is 6. The predicted molar refractivity (Wildman–Crippen MR) is 168 cm³/mol. The summed E-state index contributed by atoms with van der Waals surface area (Å²) in [4.78, 5) is 45.6. The zero-order chi connectivity index (χ0) is 29.4. The van der Waals surface area contributed by atoms with Gasteiger partial charge in [0.15, 0.2) is 5.65 Å². The standard InChI is InChI=1S/C31H33ClN6O2S/c1-7-25(39)36-14-15-37(20(5)17-36)29-22-16-23(32)27(21-11-9-8-10-19(21)4)34-30(22)38(31(40)35-29)28-24(41-6)12-13-33-26(28)18(2)3/h7-13,16,18,20H,1,14-15,17H2,2-6H3/t20-/m0/s1. The van der Waals surface area contributed by atoms with Crippen LogP contribution in [0.3, 0.4) is 0 Å². The molecule has 0 unspecified atom stereocenters. The van der Waals surface area contributed by atoms with Crippen LogP contribution in [0.25, 0.3) is 28.0 Å². The van der Waals surface area contributed by atoms with E-state index in [1.807, 2.05) is 56.5 Å². The maximum atomic E-state index is 14.1. The Hall–Kier alpha value is -3.69. The number of aryl methyl sites for hydroxylation is 1. The van der Waals surface area contributed by atoms with E-state index >= 15 is 0 Å². The second kappa shape index (κ2) is 11.7. The van der Waals surface area contributed by atoms with Crippen LogP contribution >= 0.6 is 23.4 Å². The normalized spacial score (nSPS) is 15.5. The number of rotatable bonds is 6. The molecule has 4 aromatic rings. The Balaban J connectivity index is 1.83. The lowest BCUT2D eigenvalue weighted by molar-refractivity contribution is -0.126. The Bertz CT molecular complexity index is 1720. The molecule has 8 nitrogen and oxygen atoms in total. The summed E-state index contributed by atoms with van der Waals surface area (Å²) >= 11 is 8.49. The monoisotopic (exact) mass is 588 g/mol. The molecule has 0 radical (unpaired) electrons. The Labute approximate surface area is 249 Å². The lowest BCUT2D eigenvalue weighted by Gasteiger charge is -2.40. The third-order valence-corrected chi connectivity index (χ3v) is 8.55. The number of benzene rings is 1. The number of aromatic nitrogens is 4. The number of thioether (sulfide) groups is 1. The number of halogens is 1. The maximum Gasteiger partial charge on any atom is 0.355 e. The molecular weight excluding hydrogens is 556 g/mol. The highest BCUT2D eigenvalue weighted by atomic mass is 35.5. The van der Waals surface area contributed by atoms with Gasteiger partial charge in [-0.2, -0.15) is 4.98 Å². The van der Waals surface area contributed by atoms with Gasteiger partial charge in [-0.05, 0) is 49.8 Å². The largest absolute Gasteiger partial charge is 0.355 e. The molecule has 5 rings (SSSR count). The summed E-state index contributed by atoms with van der Waals surface area (Å²) in [6.45, 7) is 13.2. The first-order valence-corrected chi connectivity index (χ1v) is 15.2. The summed E-state index contributed by atoms with van der Waals surface area (Å²) in [7, 11) is 0. The quantitative estimate of drug-likeness (QED) is 0.206. The Morgan fingerprint density at radius 3 is 2.61 bits per heavy atom. The van der Waals surface area contributed by atoms with Crippen molar-refractivity contribution in [1.29, 1.82) is 0 Å². The first kappa shape index (κ1) is 28.8. The number of piperazine rings is 1. The molecule has 1 aliphatic heterocycles. The molecule has 1 fully saturated rings. The van der Waals surface area contributed by atoms with Crippen LogP contribution in [0.5, 0.6) is 0 Å². The molecule has 0 saturated carbocycles. The highest BCUT2D eigenvalue weighted by Gasteiger charge is 2.30. The van der Waals surface area contributed by atoms with Gasteiger partial charge in [0.05, 0.1) is 27.5 Å². The third kappa shape index (κ3) is 5.24. The fourth-order valence-corrected chi connectivity index (χ4v) is 6.26. The van der Waals surface area contributed by atoms with Gasteiger partial charge >= 0.3 is 5.69 Å². The number of carbonyl (C=O) groups is 1. The number of amides is 1. The molecule has 0 bridgehead atoms. The van der Waals surface area contributed by atoms with E-state index < -0.39 is 5.69 Å². The Morgan fingerprint density at radius 2 is 1.95 bits per heavy atom. The van der Waals surface area contributed by atoms with Gasteiger partial charge in [-0.15, -0.1) is 11.8 Å². The smallest absolute Gasteiger partial charge is 0.350 e. The Kier molecular flexibility index (Phi) is 8.20. The van der Waals surface area contributed by atoms with Gasteiger partial charge in [-0.1, -0.05) is 56.3 Å². The molecule has 41 heavy (non-hydrogen) atoms. The summed E-state index contributed by atoms with van der Waals surface area (Å²) < 4.78 is 1.59. The number of carbonyl (C=O) groups excluding carboxylic acids is 1. The summed E-state index contributed by atoms with van der Waals surface area (Å²) in [5, 5.41) is 1.13. The van der Waals surface area contributed by atoms with Gasteiger partial charge in [0.2, 0.25) is 5.91 Å². The molecular formula is C31H33ClN6O2S. The van der Waals surface area contributed by atoms with Crippen molar-refractivity contribution in [2.45, 2.75) is 44.6 Å². The number of pyridine rings is 2. The van der Waals surface area contributed by atoms with E-state index in [2.05, 4.69) is 35.3 Å². The van der Waals surface area contributed by atoms with E-state index in [0.717, 1.165) is 21.7 Å². The second-order valence-corrected chi connectivity index (χ2v) is 11.7. The Morgan fingerprint density at radius 1 is 1.20 bits per heavy atom. The van der Waals surface area contributed by atoms with Crippen molar-refractivity contribution < 1.29 is 4.79 Å². The van der Waals surface area contributed by atoms with Gasteiger partial charge in [-0.25, -0.2) is 14.3 Å². The molecule has 3 aromatic heterocycles. The minimum absolute atomic E-state index is 0.0531. The summed E-state index contributed by atoms with van der Waals surface area (Å²) in [5.74, 6) is 0.447. The molecule has 1 aliphatic rings. The van der Waals surface area contributed by atoms with Crippen LogP contribution in [0.2, 0.25) is 5.02 Å². The number of anilines is 1. The van der Waals surface area contributed by atoms with E-state index in [9.17, 15) is 9.59 Å². The molecule has 4 heterocycles. The van der Waals surface area contributed by atoms with Crippen LogP contribution in [0.1, 0.15) is 37.9 Å². The topological polar surface area (TPSA) is 84.2 Å². The van der Waals surface area contributed by atoms with Crippen LogP contribution in [0, 0.1) is 6.92 Å². The van der Waals surface area contributed by atoms with Crippen molar-refractivity contribution in [3.05, 3.63) is 82.0 Å². The molecule has 0 aliphatic carbocycles. The van der Waals surface area contributed by atoms with Crippen LogP contribution < -0.4 is 10.6 Å². The lowest BCUT2D eigenvalue weighted by Crippen LogP contribution is -2.54. The lowest BCUT2D eigenvalue weighted by atomic mass is 10.0. The SMILES string of the molecule is C=CC(=O)N1CCN(c2nc(=O)n(-c3c(SC)ccnc3C(C)C)c3nc(-c4ccccc4C)c(Cl)cc23)[C@@H](C)C1. The summed E-state index contributed by atoms with van der Waals surface area (Å²) in [6, 6.07) is 11.6. The number of fused-ring (bicyclic) bond motifs is 1. The minimum Gasteiger partial charge on any atom is -0.350 e. The fraction of sp³-hybridized carbons (Fsp3) is 0.323. The maximum absolute atomic E-state index is 14.1. The van der Waals surface area contributed by atoms with Crippen molar-refractivity contribution in [2.24, 2.45) is 0 Å². The van der Waals surface area contributed by atoms with Gasteiger partial charge in [-0.3, -0.25) is 9.78 Å². The second-order valence-electron chi connectivity index (χ2n) is 10.5.